The number of halogens is 3. The summed E-state index contributed by atoms with van der Waals surface area (Å²) in [6.07, 6.45) is 1.16. The van der Waals surface area contributed by atoms with Crippen molar-refractivity contribution < 1.29 is 46.6 Å². The third-order valence-corrected chi connectivity index (χ3v) is 10.3. The molecule has 0 radical (unpaired) electrons. The first-order valence-corrected chi connectivity index (χ1v) is 14.5. The van der Waals surface area contributed by atoms with Crippen LogP contribution in [-0.2, 0) is 19.1 Å². The molecule has 0 aromatic carbocycles. The van der Waals surface area contributed by atoms with E-state index in [0.29, 0.717) is 11.8 Å². The maximum absolute atomic E-state index is 17.4. The molecule has 1 aromatic rings. The average molecular weight is 597 g/mol. The summed E-state index contributed by atoms with van der Waals surface area (Å²) < 4.78 is 57.5. The monoisotopic (exact) mass is 596 g/mol. The number of allylic oxidation sites excluding steroid dienone is 4. The van der Waals surface area contributed by atoms with Gasteiger partial charge in [0.25, 0.3) is 0 Å². The fourth-order valence-corrected chi connectivity index (χ4v) is 8.76. The number of aliphatic hydroxyl groups excluding tert-OH is 1. The first-order chi connectivity index (χ1) is 19.1. The van der Waals surface area contributed by atoms with Gasteiger partial charge in [-0.05, 0) is 87.6 Å². The van der Waals surface area contributed by atoms with E-state index in [0.717, 1.165) is 6.08 Å². The normalized spacial score (nSPS) is 40.8. The van der Waals surface area contributed by atoms with E-state index < -0.39 is 75.0 Å². The number of alkyl halides is 3. The standard InChI is InChI=1S/C27H29F3O6S.C3H6O/c1-14-9-16-17-11-19(29)18-10-15(31)6-7-24(18,2)26(17,30)21(32)12-25(16,3)27(14,23(34)37-13-28)36-22(33)20-5-4-8-35-20;1-3(2)4/h4-8,10,14,16-17,19,21,32H,9,11-13H2,1-3H3;1-2H3/t14-,16+,17+,19+,21?,24+,25+,26+,27+;/m1./s1. The topological polar surface area (TPSA) is 111 Å². The smallest absolute Gasteiger partial charge is 0.375 e. The summed E-state index contributed by atoms with van der Waals surface area (Å²) >= 11 is 0.352. The van der Waals surface area contributed by atoms with E-state index in [4.69, 9.17) is 9.15 Å². The third-order valence-electron chi connectivity index (χ3n) is 9.63. The number of carbonyl (C=O) groups is 4. The number of furan rings is 1. The predicted octanol–water partition coefficient (Wildman–Crippen LogP) is 5.52. The minimum atomic E-state index is -2.35. The summed E-state index contributed by atoms with van der Waals surface area (Å²) in [6, 6.07) is 1.78. The van der Waals surface area contributed by atoms with Gasteiger partial charge in [-0.1, -0.05) is 19.9 Å². The first-order valence-electron chi connectivity index (χ1n) is 13.5. The lowest BCUT2D eigenvalue weighted by molar-refractivity contribution is -0.221. The number of Topliss-reactive ketones (excluding diaryl/α,β-unsaturated/α-hetero) is 1. The van der Waals surface area contributed by atoms with E-state index in [1.54, 1.807) is 13.8 Å². The second kappa shape index (κ2) is 10.9. The number of hydrogen-bond donors (Lipinski definition) is 1. The molecule has 0 aliphatic heterocycles. The predicted molar refractivity (Wildman–Crippen MR) is 145 cm³/mol. The Labute approximate surface area is 240 Å². The zero-order chi connectivity index (χ0) is 30.5. The van der Waals surface area contributed by atoms with Gasteiger partial charge in [0.15, 0.2) is 17.1 Å². The van der Waals surface area contributed by atoms with Gasteiger partial charge in [-0.3, -0.25) is 9.59 Å². The van der Waals surface area contributed by atoms with Crippen LogP contribution in [-0.4, -0.2) is 57.3 Å². The molecule has 3 saturated carbocycles. The highest BCUT2D eigenvalue weighted by atomic mass is 32.2. The maximum Gasteiger partial charge on any atom is 0.375 e. The largest absolute Gasteiger partial charge is 0.457 e. The molecule has 4 aliphatic rings. The van der Waals surface area contributed by atoms with Crippen molar-refractivity contribution >= 4 is 34.4 Å². The Bertz CT molecular complexity index is 1290. The molecule has 0 amide bonds. The zero-order valence-electron chi connectivity index (χ0n) is 23.6. The minimum absolute atomic E-state index is 0.00739. The molecule has 3 fully saturated rings. The number of ether oxygens (including phenoxy) is 1. The van der Waals surface area contributed by atoms with Crippen LogP contribution in [0, 0.1) is 28.6 Å². The number of hydrogen-bond acceptors (Lipinski definition) is 8. The highest BCUT2D eigenvalue weighted by Gasteiger charge is 2.78. The molecule has 7 nitrogen and oxygen atoms in total. The Morgan fingerprint density at radius 2 is 1.85 bits per heavy atom. The summed E-state index contributed by atoms with van der Waals surface area (Å²) in [7, 11) is 0. The van der Waals surface area contributed by atoms with Crippen LogP contribution in [0.3, 0.4) is 0 Å². The Balaban J connectivity index is 0.000000909. The number of esters is 1. The van der Waals surface area contributed by atoms with Gasteiger partial charge in [-0.2, -0.15) is 0 Å². The number of thioether (sulfide) groups is 1. The SMILES string of the molecule is CC(C)=O.C[C@@H]1C[C@H]2[C@@H]3C[C@H](F)C4=CC(=O)C=C[C@]4(C)[C@@]3(F)C(O)C[C@]2(C)[C@@]1(OC(=O)c1ccco1)C(=O)SCF. The second-order valence-electron chi connectivity index (χ2n) is 12.0. The summed E-state index contributed by atoms with van der Waals surface area (Å²) in [4.78, 5) is 48.1. The van der Waals surface area contributed by atoms with Gasteiger partial charge in [0.1, 0.15) is 18.0 Å². The van der Waals surface area contributed by atoms with E-state index in [1.165, 1.54) is 51.3 Å². The van der Waals surface area contributed by atoms with E-state index in [-0.39, 0.29) is 36.4 Å². The number of fused-ring (bicyclic) bond motifs is 5. The summed E-state index contributed by atoms with van der Waals surface area (Å²) in [6.45, 7) is 7.85. The van der Waals surface area contributed by atoms with Crippen molar-refractivity contribution in [3.63, 3.8) is 0 Å². The Morgan fingerprint density at radius 3 is 2.44 bits per heavy atom. The van der Waals surface area contributed by atoms with Crippen LogP contribution in [0.25, 0.3) is 0 Å². The number of carbonyl (C=O) groups excluding carboxylic acids is 4. The van der Waals surface area contributed by atoms with Crippen molar-refractivity contribution in [2.24, 2.45) is 28.6 Å². The van der Waals surface area contributed by atoms with Crippen molar-refractivity contribution in [3.05, 3.63) is 48.0 Å². The molecular weight excluding hydrogens is 561 g/mol. The summed E-state index contributed by atoms with van der Waals surface area (Å²) in [5.41, 5.74) is -7.19. The highest BCUT2D eigenvalue weighted by molar-refractivity contribution is 8.13. The van der Waals surface area contributed by atoms with Crippen molar-refractivity contribution in [2.45, 2.75) is 77.4 Å². The third kappa shape index (κ3) is 4.54. The van der Waals surface area contributed by atoms with Gasteiger partial charge in [0.2, 0.25) is 10.9 Å². The fraction of sp³-hybridized carbons (Fsp3) is 0.600. The van der Waals surface area contributed by atoms with Crippen molar-refractivity contribution in [1.29, 1.82) is 0 Å². The highest BCUT2D eigenvalue weighted by Crippen LogP contribution is 2.72. The van der Waals surface area contributed by atoms with Crippen LogP contribution < -0.4 is 0 Å². The molecule has 0 spiro atoms. The van der Waals surface area contributed by atoms with Crippen LogP contribution >= 0.6 is 11.8 Å². The van der Waals surface area contributed by atoms with Crippen LogP contribution in [0.1, 0.15) is 64.4 Å². The minimum Gasteiger partial charge on any atom is -0.457 e. The van der Waals surface area contributed by atoms with Crippen LogP contribution in [0.2, 0.25) is 0 Å². The molecular formula is C30H35F3O7S. The van der Waals surface area contributed by atoms with E-state index in [9.17, 15) is 28.7 Å². The van der Waals surface area contributed by atoms with E-state index >= 15 is 8.78 Å². The van der Waals surface area contributed by atoms with Gasteiger partial charge in [0, 0.05) is 22.7 Å². The molecule has 224 valence electrons. The summed E-state index contributed by atoms with van der Waals surface area (Å²) in [5.74, 6) is -3.81. The average Bonchev–Trinajstić information content (AvgIpc) is 3.49. The molecule has 1 N–H and O–H groups in total. The van der Waals surface area contributed by atoms with Crippen molar-refractivity contribution in [3.8, 4) is 0 Å². The van der Waals surface area contributed by atoms with E-state index in [1.807, 2.05) is 0 Å². The lowest BCUT2D eigenvalue weighted by Gasteiger charge is -2.63. The number of ketones is 2. The Hall–Kier alpha value is -2.66. The molecule has 4 aliphatic carbocycles. The van der Waals surface area contributed by atoms with Crippen molar-refractivity contribution in [1.82, 2.24) is 0 Å². The van der Waals surface area contributed by atoms with E-state index in [2.05, 4.69) is 0 Å². The molecule has 1 aromatic heterocycles. The molecule has 11 heteroatoms. The number of rotatable bonds is 4. The van der Waals surface area contributed by atoms with Gasteiger partial charge >= 0.3 is 5.97 Å². The molecule has 1 unspecified atom stereocenters. The lowest BCUT2D eigenvalue weighted by Crippen LogP contribution is -2.70. The lowest BCUT2D eigenvalue weighted by atomic mass is 9.44. The Morgan fingerprint density at radius 1 is 1.20 bits per heavy atom. The van der Waals surface area contributed by atoms with Crippen LogP contribution in [0.5, 0.6) is 0 Å². The molecule has 9 atom stereocenters. The van der Waals surface area contributed by atoms with Crippen LogP contribution in [0.4, 0.5) is 13.2 Å². The first kappa shape index (κ1) is 31.3. The zero-order valence-corrected chi connectivity index (χ0v) is 24.4. The van der Waals surface area contributed by atoms with Gasteiger partial charge in [-0.25, -0.2) is 18.0 Å². The van der Waals surface area contributed by atoms with Gasteiger partial charge < -0.3 is 19.1 Å². The van der Waals surface area contributed by atoms with Crippen molar-refractivity contribution in [2.75, 3.05) is 6.01 Å². The molecule has 0 saturated heterocycles. The molecule has 41 heavy (non-hydrogen) atoms. The van der Waals surface area contributed by atoms with Crippen LogP contribution in [0.15, 0.2) is 46.6 Å². The maximum atomic E-state index is 17.4. The number of aliphatic hydroxyl groups is 1. The van der Waals surface area contributed by atoms with Gasteiger partial charge in [0.05, 0.1) is 12.4 Å². The molecule has 5 rings (SSSR count). The Kier molecular flexibility index (Phi) is 8.30. The molecule has 1 heterocycles. The summed E-state index contributed by atoms with van der Waals surface area (Å²) in [5, 5.41) is 10.7. The molecule has 0 bridgehead atoms. The van der Waals surface area contributed by atoms with Gasteiger partial charge in [-0.15, -0.1) is 0 Å². The second-order valence-corrected chi connectivity index (χ2v) is 12.9. The quantitative estimate of drug-likeness (QED) is 0.453. The fourth-order valence-electron chi connectivity index (χ4n) is 7.97.